The highest BCUT2D eigenvalue weighted by molar-refractivity contribution is 5.44. The highest BCUT2D eigenvalue weighted by Crippen LogP contribution is 2.09. The van der Waals surface area contributed by atoms with Gasteiger partial charge in [0.2, 0.25) is 0 Å². The largest absolute Gasteiger partial charge is 0.373 e. The Kier molecular flexibility index (Phi) is 3.33. The number of anilines is 2. The molecule has 82 valence electrons. The van der Waals surface area contributed by atoms with Crippen LogP contribution in [0.3, 0.4) is 0 Å². The van der Waals surface area contributed by atoms with Crippen molar-refractivity contribution in [1.82, 2.24) is 9.97 Å². The van der Waals surface area contributed by atoms with Crippen LogP contribution >= 0.6 is 0 Å². The number of hydrogen-bond donors (Lipinski definition) is 2. The molecule has 16 heavy (non-hydrogen) atoms. The number of pyridine rings is 2. The minimum absolute atomic E-state index is 0.753. The van der Waals surface area contributed by atoms with Crippen LogP contribution < -0.4 is 10.6 Å². The summed E-state index contributed by atoms with van der Waals surface area (Å²) >= 11 is 0. The van der Waals surface area contributed by atoms with Crippen molar-refractivity contribution in [3.05, 3.63) is 48.3 Å². The summed E-state index contributed by atoms with van der Waals surface area (Å²) in [6.45, 7) is 0.753. The molecule has 2 aromatic rings. The molecule has 0 saturated carbocycles. The van der Waals surface area contributed by atoms with Gasteiger partial charge in [-0.15, -0.1) is 0 Å². The maximum atomic E-state index is 4.37. The number of nitrogens with one attached hydrogen (secondary N) is 2. The first-order chi connectivity index (χ1) is 7.88. The van der Waals surface area contributed by atoms with Gasteiger partial charge in [0, 0.05) is 26.0 Å². The molecule has 0 bridgehead atoms. The van der Waals surface area contributed by atoms with E-state index in [4.69, 9.17) is 0 Å². The summed E-state index contributed by atoms with van der Waals surface area (Å²) in [7, 11) is 1.86. The fourth-order valence-electron chi connectivity index (χ4n) is 1.37. The van der Waals surface area contributed by atoms with Gasteiger partial charge in [0.25, 0.3) is 0 Å². The molecule has 0 aliphatic heterocycles. The third-order valence-corrected chi connectivity index (χ3v) is 2.23. The Hall–Kier alpha value is -2.10. The Morgan fingerprint density at radius 1 is 1.06 bits per heavy atom. The molecule has 0 amide bonds. The Labute approximate surface area is 94.8 Å². The van der Waals surface area contributed by atoms with E-state index in [0.717, 1.165) is 18.2 Å². The van der Waals surface area contributed by atoms with Gasteiger partial charge in [-0.25, -0.2) is 4.98 Å². The van der Waals surface area contributed by atoms with E-state index >= 15 is 0 Å². The molecular formula is C12H14N4. The summed E-state index contributed by atoms with van der Waals surface area (Å²) in [6.07, 6.45) is 3.57. The van der Waals surface area contributed by atoms with Gasteiger partial charge in [-0.05, 0) is 29.8 Å². The lowest BCUT2D eigenvalue weighted by Crippen LogP contribution is -2.02. The van der Waals surface area contributed by atoms with Crippen LogP contribution in [0.5, 0.6) is 0 Å². The molecule has 0 saturated heterocycles. The van der Waals surface area contributed by atoms with E-state index in [1.165, 1.54) is 5.56 Å². The molecule has 4 nitrogen and oxygen atoms in total. The van der Waals surface area contributed by atoms with Gasteiger partial charge in [0.15, 0.2) is 0 Å². The van der Waals surface area contributed by atoms with Crippen molar-refractivity contribution in [2.45, 2.75) is 6.54 Å². The molecule has 0 aliphatic carbocycles. The second-order valence-corrected chi connectivity index (χ2v) is 3.37. The monoisotopic (exact) mass is 214 g/mol. The Balaban J connectivity index is 1.99. The van der Waals surface area contributed by atoms with Gasteiger partial charge < -0.3 is 10.6 Å². The normalized spacial score (nSPS) is 9.81. The van der Waals surface area contributed by atoms with Gasteiger partial charge in [0.1, 0.15) is 11.6 Å². The van der Waals surface area contributed by atoms with Crippen LogP contribution in [0.25, 0.3) is 0 Å². The van der Waals surface area contributed by atoms with Crippen molar-refractivity contribution >= 4 is 11.6 Å². The Morgan fingerprint density at radius 3 is 2.56 bits per heavy atom. The van der Waals surface area contributed by atoms with Crippen LogP contribution in [-0.4, -0.2) is 17.0 Å². The summed E-state index contributed by atoms with van der Waals surface area (Å²) in [5, 5.41) is 6.26. The number of aromatic nitrogens is 2. The van der Waals surface area contributed by atoms with Crippen molar-refractivity contribution in [2.75, 3.05) is 17.7 Å². The Morgan fingerprint density at radius 2 is 1.81 bits per heavy atom. The highest BCUT2D eigenvalue weighted by Gasteiger charge is 1.95. The first-order valence-corrected chi connectivity index (χ1v) is 5.16. The van der Waals surface area contributed by atoms with E-state index in [1.54, 1.807) is 12.4 Å². The number of hydrogen-bond acceptors (Lipinski definition) is 4. The quantitative estimate of drug-likeness (QED) is 0.818. The fraction of sp³-hybridized carbons (Fsp3) is 0.167. The lowest BCUT2D eigenvalue weighted by atomic mass is 10.3. The van der Waals surface area contributed by atoms with E-state index in [2.05, 4.69) is 20.6 Å². The SMILES string of the molecule is CNc1cccc(NCc2ccncc2)n1. The minimum atomic E-state index is 0.753. The molecule has 2 heterocycles. The van der Waals surface area contributed by atoms with Crippen LogP contribution in [0, 0.1) is 0 Å². The van der Waals surface area contributed by atoms with Gasteiger partial charge in [0.05, 0.1) is 0 Å². The van der Waals surface area contributed by atoms with Gasteiger partial charge in [-0.2, -0.15) is 0 Å². The van der Waals surface area contributed by atoms with Gasteiger partial charge in [-0.1, -0.05) is 6.07 Å². The van der Waals surface area contributed by atoms with Gasteiger partial charge in [-0.3, -0.25) is 4.98 Å². The van der Waals surface area contributed by atoms with E-state index in [-0.39, 0.29) is 0 Å². The zero-order valence-corrected chi connectivity index (χ0v) is 9.14. The maximum Gasteiger partial charge on any atom is 0.128 e. The van der Waals surface area contributed by atoms with Gasteiger partial charge >= 0.3 is 0 Å². The number of nitrogens with zero attached hydrogens (tertiary/aromatic N) is 2. The Bertz CT molecular complexity index is 442. The topological polar surface area (TPSA) is 49.8 Å². The second-order valence-electron chi connectivity index (χ2n) is 3.37. The average Bonchev–Trinajstić information content (AvgIpc) is 2.38. The summed E-state index contributed by atoms with van der Waals surface area (Å²) in [6, 6.07) is 9.80. The smallest absolute Gasteiger partial charge is 0.128 e. The third kappa shape index (κ3) is 2.70. The van der Waals surface area contributed by atoms with Crippen molar-refractivity contribution in [3.8, 4) is 0 Å². The first-order valence-electron chi connectivity index (χ1n) is 5.16. The lowest BCUT2D eigenvalue weighted by molar-refractivity contribution is 1.10. The van der Waals surface area contributed by atoms with Crippen LogP contribution in [0.2, 0.25) is 0 Å². The van der Waals surface area contributed by atoms with E-state index in [0.29, 0.717) is 0 Å². The molecule has 2 aromatic heterocycles. The van der Waals surface area contributed by atoms with Crippen LogP contribution in [0.4, 0.5) is 11.6 Å². The van der Waals surface area contributed by atoms with E-state index in [9.17, 15) is 0 Å². The first kappa shape index (κ1) is 10.4. The van der Waals surface area contributed by atoms with E-state index in [1.807, 2.05) is 37.4 Å². The molecule has 0 aromatic carbocycles. The minimum Gasteiger partial charge on any atom is -0.373 e. The molecule has 0 aliphatic rings. The molecular weight excluding hydrogens is 200 g/mol. The molecule has 0 unspecified atom stereocenters. The second kappa shape index (κ2) is 5.11. The zero-order valence-electron chi connectivity index (χ0n) is 9.14. The molecule has 0 spiro atoms. The molecule has 0 atom stereocenters. The van der Waals surface area contributed by atoms with Crippen LogP contribution in [0.1, 0.15) is 5.56 Å². The number of rotatable bonds is 4. The van der Waals surface area contributed by atoms with Crippen LogP contribution in [0.15, 0.2) is 42.7 Å². The summed E-state index contributed by atoms with van der Waals surface area (Å²) < 4.78 is 0. The summed E-state index contributed by atoms with van der Waals surface area (Å²) in [5.41, 5.74) is 1.19. The predicted molar refractivity (Wildman–Crippen MR) is 65.3 cm³/mol. The van der Waals surface area contributed by atoms with Crippen molar-refractivity contribution < 1.29 is 0 Å². The maximum absolute atomic E-state index is 4.37. The van der Waals surface area contributed by atoms with Crippen LogP contribution in [-0.2, 0) is 6.54 Å². The molecule has 2 N–H and O–H groups in total. The highest BCUT2D eigenvalue weighted by atomic mass is 15.0. The third-order valence-electron chi connectivity index (χ3n) is 2.23. The van der Waals surface area contributed by atoms with E-state index < -0.39 is 0 Å². The predicted octanol–water partition coefficient (Wildman–Crippen LogP) is 2.13. The fourth-order valence-corrected chi connectivity index (χ4v) is 1.37. The zero-order chi connectivity index (χ0) is 11.2. The average molecular weight is 214 g/mol. The summed E-state index contributed by atoms with van der Waals surface area (Å²) in [4.78, 5) is 8.34. The molecule has 0 fully saturated rings. The summed E-state index contributed by atoms with van der Waals surface area (Å²) in [5.74, 6) is 1.73. The van der Waals surface area contributed by atoms with Crippen molar-refractivity contribution in [3.63, 3.8) is 0 Å². The standard InChI is InChI=1S/C12H14N4/c1-13-11-3-2-4-12(16-11)15-9-10-5-7-14-8-6-10/h2-8H,9H2,1H3,(H2,13,15,16). The molecule has 0 radical (unpaired) electrons. The van der Waals surface area contributed by atoms with Crippen molar-refractivity contribution in [2.24, 2.45) is 0 Å². The lowest BCUT2D eigenvalue weighted by Gasteiger charge is -2.06. The van der Waals surface area contributed by atoms with Crippen molar-refractivity contribution in [1.29, 1.82) is 0 Å². The molecule has 2 rings (SSSR count). The molecule has 4 heteroatoms.